The molecule has 84 valence electrons. The van der Waals surface area contributed by atoms with E-state index in [1.165, 1.54) is 35.7 Å². The maximum atomic E-state index is 4.27. The summed E-state index contributed by atoms with van der Waals surface area (Å²) in [5.74, 6) is 0. The van der Waals surface area contributed by atoms with Gasteiger partial charge in [-0.1, -0.05) is 19.3 Å². The molecule has 0 saturated heterocycles. The first-order chi connectivity index (χ1) is 7.34. The van der Waals surface area contributed by atoms with Gasteiger partial charge in [-0.05, 0) is 35.4 Å². The third kappa shape index (κ3) is 3.75. The van der Waals surface area contributed by atoms with Crippen LogP contribution < -0.4 is 5.32 Å². The molecule has 3 nitrogen and oxygen atoms in total. The zero-order chi connectivity index (χ0) is 10.5. The molecular weight excluding hydrogens is 301 g/mol. The molecule has 0 amide bonds. The van der Waals surface area contributed by atoms with Crippen molar-refractivity contribution in [2.75, 3.05) is 6.54 Å². The van der Waals surface area contributed by atoms with Gasteiger partial charge < -0.3 is 5.32 Å². The van der Waals surface area contributed by atoms with Crippen LogP contribution in [0.2, 0.25) is 0 Å². The number of hydrogen-bond donors (Lipinski definition) is 1. The number of halogens is 1. The van der Waals surface area contributed by atoms with Crippen molar-refractivity contribution in [3.8, 4) is 0 Å². The van der Waals surface area contributed by atoms with Gasteiger partial charge in [-0.25, -0.2) is 0 Å². The Hall–Kier alpha value is -0.100. The van der Waals surface area contributed by atoms with E-state index < -0.39 is 0 Å². The van der Waals surface area contributed by atoms with Gasteiger partial charge in [-0.2, -0.15) is 5.10 Å². The lowest BCUT2D eigenvalue weighted by molar-refractivity contribution is 0.365. The van der Waals surface area contributed by atoms with Crippen molar-refractivity contribution in [3.63, 3.8) is 0 Å². The molecule has 1 N–H and O–H groups in total. The first-order valence-electron chi connectivity index (χ1n) is 5.76. The number of aromatic nitrogens is 2. The number of nitrogens with one attached hydrogen (secondary N) is 1. The summed E-state index contributed by atoms with van der Waals surface area (Å²) in [6, 6.07) is 0.758. The fourth-order valence-corrected chi connectivity index (χ4v) is 2.60. The number of rotatable bonds is 4. The molecule has 0 atom stereocenters. The van der Waals surface area contributed by atoms with Crippen molar-refractivity contribution < 1.29 is 0 Å². The van der Waals surface area contributed by atoms with Crippen molar-refractivity contribution in [1.29, 1.82) is 0 Å². The maximum absolute atomic E-state index is 4.27. The lowest BCUT2D eigenvalue weighted by Gasteiger charge is -2.22. The lowest BCUT2D eigenvalue weighted by atomic mass is 9.95. The van der Waals surface area contributed by atoms with Crippen LogP contribution in [0.5, 0.6) is 0 Å². The van der Waals surface area contributed by atoms with E-state index in [-0.39, 0.29) is 0 Å². The van der Waals surface area contributed by atoms with E-state index in [0.29, 0.717) is 0 Å². The van der Waals surface area contributed by atoms with Crippen LogP contribution in [0.25, 0.3) is 0 Å². The molecule has 0 bridgehead atoms. The Bertz CT molecular complexity index is 292. The molecule has 0 aromatic carbocycles. The summed E-state index contributed by atoms with van der Waals surface area (Å²) in [6.45, 7) is 2.03. The van der Waals surface area contributed by atoms with Crippen LogP contribution in [0.1, 0.15) is 32.1 Å². The smallest absolute Gasteiger partial charge is 0.0623 e. The Labute approximate surface area is 105 Å². The number of nitrogens with zero attached hydrogens (tertiary/aromatic N) is 2. The third-order valence-electron chi connectivity index (χ3n) is 2.98. The highest BCUT2D eigenvalue weighted by atomic mass is 127. The van der Waals surface area contributed by atoms with Gasteiger partial charge in [0.2, 0.25) is 0 Å². The quantitative estimate of drug-likeness (QED) is 0.864. The predicted octanol–water partition coefficient (Wildman–Crippen LogP) is 2.41. The second-order valence-electron chi connectivity index (χ2n) is 4.21. The van der Waals surface area contributed by atoms with Gasteiger partial charge in [-0.3, -0.25) is 4.68 Å². The maximum Gasteiger partial charge on any atom is 0.0623 e. The van der Waals surface area contributed by atoms with E-state index >= 15 is 0 Å². The van der Waals surface area contributed by atoms with Crippen LogP contribution in [0.15, 0.2) is 12.4 Å². The average Bonchev–Trinajstić information content (AvgIpc) is 2.66. The highest BCUT2D eigenvalue weighted by molar-refractivity contribution is 14.1. The SMILES string of the molecule is Ic1cnn(CCNC2CCCCC2)c1. The van der Waals surface area contributed by atoms with Gasteiger partial charge in [0.1, 0.15) is 0 Å². The van der Waals surface area contributed by atoms with Gasteiger partial charge in [0.15, 0.2) is 0 Å². The van der Waals surface area contributed by atoms with Crippen LogP contribution in [0, 0.1) is 3.57 Å². The Morgan fingerprint density at radius 1 is 1.40 bits per heavy atom. The van der Waals surface area contributed by atoms with Gasteiger partial charge in [-0.15, -0.1) is 0 Å². The van der Waals surface area contributed by atoms with Crippen molar-refractivity contribution in [3.05, 3.63) is 16.0 Å². The van der Waals surface area contributed by atoms with Crippen LogP contribution in [-0.2, 0) is 6.54 Å². The summed E-state index contributed by atoms with van der Waals surface area (Å²) in [4.78, 5) is 0. The third-order valence-corrected chi connectivity index (χ3v) is 3.54. The van der Waals surface area contributed by atoms with Crippen LogP contribution >= 0.6 is 22.6 Å². The van der Waals surface area contributed by atoms with Crippen LogP contribution in [-0.4, -0.2) is 22.4 Å². The standard InChI is InChI=1S/C11H18IN3/c12-10-8-14-15(9-10)7-6-13-11-4-2-1-3-5-11/h8-9,11,13H,1-7H2. The summed E-state index contributed by atoms with van der Waals surface area (Å²) in [6.07, 6.45) is 10.9. The molecule has 0 unspecified atom stereocenters. The van der Waals surface area contributed by atoms with Gasteiger partial charge >= 0.3 is 0 Å². The summed E-state index contributed by atoms with van der Waals surface area (Å²) in [7, 11) is 0. The Morgan fingerprint density at radius 2 is 2.20 bits per heavy atom. The first kappa shape index (κ1) is 11.4. The molecule has 0 radical (unpaired) electrons. The fourth-order valence-electron chi connectivity index (χ4n) is 2.15. The normalized spacial score (nSPS) is 18.2. The fraction of sp³-hybridized carbons (Fsp3) is 0.727. The predicted molar refractivity (Wildman–Crippen MR) is 69.8 cm³/mol. The second-order valence-corrected chi connectivity index (χ2v) is 5.46. The minimum atomic E-state index is 0.758. The van der Waals surface area contributed by atoms with Gasteiger partial charge in [0.25, 0.3) is 0 Å². The van der Waals surface area contributed by atoms with Crippen molar-refractivity contribution in [2.45, 2.75) is 44.7 Å². The average molecular weight is 319 g/mol. The molecule has 15 heavy (non-hydrogen) atoms. The molecule has 1 heterocycles. The van der Waals surface area contributed by atoms with E-state index in [2.05, 4.69) is 39.2 Å². The molecule has 0 aliphatic heterocycles. The summed E-state index contributed by atoms with van der Waals surface area (Å²) in [5.41, 5.74) is 0. The van der Waals surface area contributed by atoms with Crippen molar-refractivity contribution in [1.82, 2.24) is 15.1 Å². The molecule has 1 aromatic rings. The monoisotopic (exact) mass is 319 g/mol. The zero-order valence-corrected chi connectivity index (χ0v) is 11.1. The highest BCUT2D eigenvalue weighted by Gasteiger charge is 2.11. The topological polar surface area (TPSA) is 29.9 Å². The minimum absolute atomic E-state index is 0.758. The summed E-state index contributed by atoms with van der Waals surface area (Å²) >= 11 is 2.29. The number of hydrogen-bond acceptors (Lipinski definition) is 2. The van der Waals surface area contributed by atoms with Gasteiger partial charge in [0.05, 0.1) is 16.3 Å². The largest absolute Gasteiger partial charge is 0.312 e. The molecule has 1 aromatic heterocycles. The summed E-state index contributed by atoms with van der Waals surface area (Å²) < 4.78 is 3.22. The highest BCUT2D eigenvalue weighted by Crippen LogP contribution is 2.17. The van der Waals surface area contributed by atoms with Gasteiger partial charge in [0, 0.05) is 18.8 Å². The molecule has 0 spiro atoms. The van der Waals surface area contributed by atoms with Crippen molar-refractivity contribution in [2.24, 2.45) is 0 Å². The zero-order valence-electron chi connectivity index (χ0n) is 8.95. The minimum Gasteiger partial charge on any atom is -0.312 e. The van der Waals surface area contributed by atoms with E-state index in [0.717, 1.165) is 19.1 Å². The molecule has 1 fully saturated rings. The second kappa shape index (κ2) is 5.84. The Balaban J connectivity index is 1.65. The molecular formula is C11H18IN3. The molecule has 1 aliphatic carbocycles. The lowest BCUT2D eigenvalue weighted by Crippen LogP contribution is -2.33. The van der Waals surface area contributed by atoms with E-state index in [4.69, 9.17) is 0 Å². The molecule has 1 saturated carbocycles. The molecule has 1 aliphatic rings. The van der Waals surface area contributed by atoms with Crippen LogP contribution in [0.3, 0.4) is 0 Å². The van der Waals surface area contributed by atoms with E-state index in [1.807, 2.05) is 10.9 Å². The Morgan fingerprint density at radius 3 is 2.87 bits per heavy atom. The van der Waals surface area contributed by atoms with E-state index in [9.17, 15) is 0 Å². The van der Waals surface area contributed by atoms with Crippen LogP contribution in [0.4, 0.5) is 0 Å². The first-order valence-corrected chi connectivity index (χ1v) is 6.84. The summed E-state index contributed by atoms with van der Waals surface area (Å²) in [5, 5.41) is 7.88. The van der Waals surface area contributed by atoms with Crippen molar-refractivity contribution >= 4 is 22.6 Å². The molecule has 4 heteroatoms. The van der Waals surface area contributed by atoms with E-state index in [1.54, 1.807) is 0 Å². The Kier molecular flexibility index (Phi) is 4.43. The molecule has 2 rings (SSSR count).